The van der Waals surface area contributed by atoms with Crippen LogP contribution in [0, 0.1) is 6.92 Å². The van der Waals surface area contributed by atoms with Crippen LogP contribution in [0.3, 0.4) is 0 Å². The molecule has 1 aliphatic carbocycles. The van der Waals surface area contributed by atoms with Gasteiger partial charge in [-0.05, 0) is 37.5 Å². The van der Waals surface area contributed by atoms with Crippen LogP contribution in [0.25, 0.3) is 0 Å². The number of carbonyl (C=O) groups is 1. The molecule has 29 heavy (non-hydrogen) atoms. The van der Waals surface area contributed by atoms with Crippen molar-refractivity contribution >= 4 is 17.7 Å². The van der Waals surface area contributed by atoms with E-state index in [-0.39, 0.29) is 11.3 Å². The zero-order valence-electron chi connectivity index (χ0n) is 16.6. The number of rotatable bonds is 7. The third-order valence-electron chi connectivity index (χ3n) is 5.58. The molecule has 1 fully saturated rings. The summed E-state index contributed by atoms with van der Waals surface area (Å²) in [5, 5.41) is 7.92. The number of aromatic nitrogens is 2. The lowest BCUT2D eigenvalue weighted by Gasteiger charge is -2.30. The molecule has 4 rings (SSSR count). The van der Waals surface area contributed by atoms with Crippen LogP contribution in [0.5, 0.6) is 0 Å². The number of hydrogen-bond acceptors (Lipinski definition) is 5. The monoisotopic (exact) mass is 407 g/mol. The highest BCUT2D eigenvalue weighted by Crippen LogP contribution is 2.40. The van der Waals surface area contributed by atoms with E-state index in [1.807, 2.05) is 31.2 Å². The normalized spacial score (nSPS) is 15.3. The van der Waals surface area contributed by atoms with E-state index in [4.69, 9.17) is 4.52 Å². The molecule has 1 N–H and O–H groups in total. The largest absolute Gasteiger partial charge is 0.361 e. The summed E-state index contributed by atoms with van der Waals surface area (Å²) < 4.78 is 5.12. The van der Waals surface area contributed by atoms with E-state index in [0.717, 1.165) is 24.3 Å². The summed E-state index contributed by atoms with van der Waals surface area (Å²) in [6.45, 7) is 2.52. The van der Waals surface area contributed by atoms with E-state index in [1.54, 1.807) is 6.20 Å². The maximum Gasteiger partial charge on any atom is 0.254 e. The summed E-state index contributed by atoms with van der Waals surface area (Å²) in [5.41, 5.74) is 2.81. The average Bonchev–Trinajstić information content (AvgIpc) is 3.41. The molecular weight excluding hydrogens is 382 g/mol. The first kappa shape index (κ1) is 19.7. The van der Waals surface area contributed by atoms with E-state index in [1.165, 1.54) is 30.2 Å². The van der Waals surface area contributed by atoms with Crippen molar-refractivity contribution < 1.29 is 9.32 Å². The minimum absolute atomic E-state index is 0.0324. The van der Waals surface area contributed by atoms with Crippen molar-refractivity contribution in [1.82, 2.24) is 15.5 Å². The van der Waals surface area contributed by atoms with E-state index in [0.29, 0.717) is 22.9 Å². The Kier molecular flexibility index (Phi) is 6.00. The lowest BCUT2D eigenvalue weighted by Crippen LogP contribution is -2.39. The number of aryl methyl sites for hydroxylation is 1. The highest BCUT2D eigenvalue weighted by molar-refractivity contribution is 7.98. The molecule has 0 spiro atoms. The van der Waals surface area contributed by atoms with Gasteiger partial charge in [0.2, 0.25) is 0 Å². The van der Waals surface area contributed by atoms with Gasteiger partial charge in [0.15, 0.2) is 0 Å². The second-order valence-electron chi connectivity index (χ2n) is 7.61. The maximum absolute atomic E-state index is 13.0. The molecule has 2 heterocycles. The second kappa shape index (κ2) is 8.82. The van der Waals surface area contributed by atoms with Crippen LogP contribution in [0.4, 0.5) is 0 Å². The highest BCUT2D eigenvalue weighted by Gasteiger charge is 2.36. The molecule has 1 aliphatic rings. The minimum atomic E-state index is -0.0702. The number of pyridine rings is 1. The van der Waals surface area contributed by atoms with Crippen LogP contribution >= 0.6 is 11.8 Å². The zero-order chi connectivity index (χ0) is 20.1. The van der Waals surface area contributed by atoms with E-state index >= 15 is 0 Å². The molecule has 1 amide bonds. The van der Waals surface area contributed by atoms with E-state index in [2.05, 4.69) is 39.7 Å². The lowest BCUT2D eigenvalue weighted by atomic mass is 9.79. The van der Waals surface area contributed by atoms with E-state index in [9.17, 15) is 4.79 Å². The minimum Gasteiger partial charge on any atom is -0.361 e. The summed E-state index contributed by atoms with van der Waals surface area (Å²) in [4.78, 5) is 17.4. The molecule has 0 saturated heterocycles. The molecule has 2 aromatic heterocycles. The summed E-state index contributed by atoms with van der Waals surface area (Å²) in [6.07, 6.45) is 6.34. The Morgan fingerprint density at radius 2 is 1.97 bits per heavy atom. The molecule has 1 saturated carbocycles. The van der Waals surface area contributed by atoms with Gasteiger partial charge in [0, 0.05) is 30.0 Å². The molecule has 0 bridgehead atoms. The Morgan fingerprint density at radius 1 is 1.17 bits per heavy atom. The average molecular weight is 408 g/mol. The first-order valence-electron chi connectivity index (χ1n) is 10.0. The number of nitrogens with one attached hydrogen (secondary N) is 1. The van der Waals surface area contributed by atoms with Crippen molar-refractivity contribution in [2.24, 2.45) is 0 Å². The highest BCUT2D eigenvalue weighted by atomic mass is 32.2. The van der Waals surface area contributed by atoms with Crippen molar-refractivity contribution in [3.05, 3.63) is 77.3 Å². The molecule has 0 atom stereocenters. The number of amides is 1. The van der Waals surface area contributed by atoms with Gasteiger partial charge in [-0.1, -0.05) is 60.1 Å². The number of carbonyl (C=O) groups excluding carboxylic acids is 1. The standard InChI is InChI=1S/C23H25N3O2S/c1-17-14-19(26-28-17)15-29-22-20(10-7-13-24-22)21(27)25-16-23(11-5-6-12-23)18-8-3-2-4-9-18/h2-4,7-10,13-14H,5-6,11-12,15-16H2,1H3,(H,25,27). The predicted molar refractivity (Wildman–Crippen MR) is 114 cm³/mol. The molecule has 6 heteroatoms. The van der Waals surface area contributed by atoms with Gasteiger partial charge < -0.3 is 9.84 Å². The summed E-state index contributed by atoms with van der Waals surface area (Å²) in [6, 6.07) is 16.1. The van der Waals surface area contributed by atoms with E-state index < -0.39 is 0 Å². The van der Waals surface area contributed by atoms with Crippen molar-refractivity contribution in [3.8, 4) is 0 Å². The fourth-order valence-corrected chi connectivity index (χ4v) is 4.93. The maximum atomic E-state index is 13.0. The molecule has 0 radical (unpaired) electrons. The van der Waals surface area contributed by atoms with Gasteiger partial charge in [-0.15, -0.1) is 0 Å². The first-order chi connectivity index (χ1) is 14.2. The lowest BCUT2D eigenvalue weighted by molar-refractivity contribution is 0.0939. The van der Waals surface area contributed by atoms with Crippen LogP contribution in [0.1, 0.15) is 53.1 Å². The van der Waals surface area contributed by atoms with Crippen molar-refractivity contribution in [2.45, 2.75) is 48.8 Å². The van der Waals surface area contributed by atoms with Crippen molar-refractivity contribution in [1.29, 1.82) is 0 Å². The van der Waals surface area contributed by atoms with Gasteiger partial charge >= 0.3 is 0 Å². The van der Waals surface area contributed by atoms with Gasteiger partial charge in [0.1, 0.15) is 10.8 Å². The topological polar surface area (TPSA) is 68.0 Å². The first-order valence-corrected chi connectivity index (χ1v) is 11.0. The molecular formula is C23H25N3O2S. The Bertz CT molecular complexity index is 965. The van der Waals surface area contributed by atoms with Crippen LogP contribution in [0.2, 0.25) is 0 Å². The number of hydrogen-bond donors (Lipinski definition) is 1. The summed E-state index contributed by atoms with van der Waals surface area (Å²) in [7, 11) is 0. The van der Waals surface area contributed by atoms with Gasteiger partial charge in [0.05, 0.1) is 11.3 Å². The Morgan fingerprint density at radius 3 is 2.69 bits per heavy atom. The Hall–Kier alpha value is -2.60. The molecule has 150 valence electrons. The van der Waals surface area contributed by atoms with Gasteiger partial charge in [0.25, 0.3) is 5.91 Å². The predicted octanol–water partition coefficient (Wildman–Crippen LogP) is 4.91. The molecule has 5 nitrogen and oxygen atoms in total. The molecule has 1 aromatic carbocycles. The van der Waals surface area contributed by atoms with Crippen LogP contribution < -0.4 is 5.32 Å². The summed E-state index contributed by atoms with van der Waals surface area (Å²) >= 11 is 1.50. The number of benzene rings is 1. The third-order valence-corrected chi connectivity index (χ3v) is 6.62. The third kappa shape index (κ3) is 4.53. The zero-order valence-corrected chi connectivity index (χ0v) is 17.4. The number of thioether (sulfide) groups is 1. The van der Waals surface area contributed by atoms with Crippen LogP contribution in [-0.2, 0) is 11.2 Å². The van der Waals surface area contributed by atoms with Crippen molar-refractivity contribution in [3.63, 3.8) is 0 Å². The van der Waals surface area contributed by atoms with Gasteiger partial charge in [-0.2, -0.15) is 0 Å². The van der Waals surface area contributed by atoms with Gasteiger partial charge in [-0.3, -0.25) is 4.79 Å². The molecule has 0 unspecified atom stereocenters. The molecule has 3 aromatic rings. The smallest absolute Gasteiger partial charge is 0.254 e. The fraction of sp³-hybridized carbons (Fsp3) is 0.348. The Balaban J connectivity index is 1.45. The SMILES string of the molecule is Cc1cc(CSc2ncccc2C(=O)NCC2(c3ccccc3)CCCC2)no1. The quantitative estimate of drug-likeness (QED) is 0.564. The van der Waals surface area contributed by atoms with Crippen LogP contribution in [0.15, 0.2) is 64.3 Å². The van der Waals surface area contributed by atoms with Crippen molar-refractivity contribution in [2.75, 3.05) is 6.54 Å². The molecule has 0 aliphatic heterocycles. The van der Waals surface area contributed by atoms with Crippen LogP contribution in [-0.4, -0.2) is 22.6 Å². The fourth-order valence-electron chi connectivity index (χ4n) is 4.06. The second-order valence-corrected chi connectivity index (χ2v) is 8.57. The summed E-state index contributed by atoms with van der Waals surface area (Å²) in [5.74, 6) is 1.32. The Labute approximate surface area is 175 Å². The van der Waals surface area contributed by atoms with Gasteiger partial charge in [-0.25, -0.2) is 4.98 Å². The number of nitrogens with zero attached hydrogens (tertiary/aromatic N) is 2.